The van der Waals surface area contributed by atoms with Crippen LogP contribution in [-0.2, 0) is 10.8 Å². The van der Waals surface area contributed by atoms with E-state index in [9.17, 15) is 4.21 Å². The van der Waals surface area contributed by atoms with Gasteiger partial charge in [-0.2, -0.15) is 0 Å². The summed E-state index contributed by atoms with van der Waals surface area (Å²) in [6, 6.07) is 0.00931. The van der Waals surface area contributed by atoms with Crippen LogP contribution in [0.1, 0.15) is 34.6 Å². The largest absolute Gasteiger partial charge is 0.327 e. The molecule has 3 heteroatoms. The topological polar surface area (TPSA) is 43.1 Å². The Balaban J connectivity index is 4.26. The molecule has 2 N–H and O–H groups in total. The van der Waals surface area contributed by atoms with E-state index in [2.05, 4.69) is 0 Å². The molecular formula is C8H19NOS. The van der Waals surface area contributed by atoms with Gasteiger partial charge in [-0.05, 0) is 34.6 Å². The Kier molecular flexibility index (Phi) is 3.71. The highest BCUT2D eigenvalue weighted by molar-refractivity contribution is 7.87. The summed E-state index contributed by atoms with van der Waals surface area (Å²) in [6.07, 6.45) is 0. The Bertz CT molecular complexity index is 149. The molecule has 0 aromatic heterocycles. The van der Waals surface area contributed by atoms with E-state index in [1.807, 2.05) is 34.6 Å². The summed E-state index contributed by atoms with van der Waals surface area (Å²) in [4.78, 5) is 0. The summed E-state index contributed by atoms with van der Waals surface area (Å²) in [7, 11) is -0.837. The minimum Gasteiger partial charge on any atom is -0.327 e. The van der Waals surface area contributed by atoms with E-state index in [1.54, 1.807) is 0 Å². The molecule has 0 heterocycles. The molecule has 0 amide bonds. The maximum atomic E-state index is 11.6. The van der Waals surface area contributed by atoms with Gasteiger partial charge in [-0.15, -0.1) is 0 Å². The highest BCUT2D eigenvalue weighted by Crippen LogP contribution is 2.16. The van der Waals surface area contributed by atoms with Crippen molar-refractivity contribution in [1.29, 1.82) is 0 Å². The number of hydrogen-bond acceptors (Lipinski definition) is 2. The van der Waals surface area contributed by atoms with Crippen LogP contribution in [0, 0.1) is 0 Å². The fourth-order valence-corrected chi connectivity index (χ4v) is 2.26. The van der Waals surface area contributed by atoms with Crippen molar-refractivity contribution in [2.45, 2.75) is 50.7 Å². The second-order valence-electron chi connectivity index (χ2n) is 3.97. The third-order valence-corrected chi connectivity index (χ3v) is 3.99. The maximum Gasteiger partial charge on any atom is 0.0473 e. The van der Waals surface area contributed by atoms with Crippen molar-refractivity contribution in [2.75, 3.05) is 0 Å². The second-order valence-corrected chi connectivity index (χ2v) is 6.54. The Morgan fingerprint density at radius 3 is 1.73 bits per heavy atom. The van der Waals surface area contributed by atoms with Gasteiger partial charge >= 0.3 is 0 Å². The Labute approximate surface area is 72.0 Å². The molecule has 0 aliphatic rings. The van der Waals surface area contributed by atoms with Crippen LogP contribution in [0.15, 0.2) is 0 Å². The van der Waals surface area contributed by atoms with E-state index >= 15 is 0 Å². The van der Waals surface area contributed by atoms with Crippen molar-refractivity contribution in [3.05, 3.63) is 0 Å². The molecule has 0 aromatic carbocycles. The highest BCUT2D eigenvalue weighted by Gasteiger charge is 2.26. The molecular weight excluding hydrogens is 158 g/mol. The molecule has 68 valence electrons. The summed E-state index contributed by atoms with van der Waals surface area (Å²) in [5, 5.41) is 0.0787. The minimum absolute atomic E-state index is 0.00931. The predicted molar refractivity (Wildman–Crippen MR) is 51.0 cm³/mol. The first kappa shape index (κ1) is 11.1. The summed E-state index contributed by atoms with van der Waals surface area (Å²) in [6.45, 7) is 9.76. The van der Waals surface area contributed by atoms with Gasteiger partial charge in [0.1, 0.15) is 0 Å². The van der Waals surface area contributed by atoms with Gasteiger partial charge in [0.2, 0.25) is 0 Å². The minimum atomic E-state index is -0.837. The molecule has 0 aromatic rings. The van der Waals surface area contributed by atoms with E-state index in [4.69, 9.17) is 5.73 Å². The lowest BCUT2D eigenvalue weighted by Gasteiger charge is -2.25. The van der Waals surface area contributed by atoms with Gasteiger partial charge in [0.25, 0.3) is 0 Å². The lowest BCUT2D eigenvalue weighted by Crippen LogP contribution is -2.39. The first-order valence-corrected chi connectivity index (χ1v) is 5.14. The molecule has 11 heavy (non-hydrogen) atoms. The second kappa shape index (κ2) is 3.68. The first-order valence-electron chi connectivity index (χ1n) is 3.93. The van der Waals surface area contributed by atoms with Crippen molar-refractivity contribution in [1.82, 2.24) is 0 Å². The third kappa shape index (κ3) is 3.34. The number of rotatable bonds is 2. The van der Waals surface area contributed by atoms with Crippen LogP contribution in [0.25, 0.3) is 0 Å². The van der Waals surface area contributed by atoms with Gasteiger partial charge in [-0.25, -0.2) is 0 Å². The zero-order chi connectivity index (χ0) is 9.23. The quantitative estimate of drug-likeness (QED) is 0.690. The normalized spacial score (nSPS) is 20.9. The van der Waals surface area contributed by atoms with E-state index in [-0.39, 0.29) is 16.0 Å². The summed E-state index contributed by atoms with van der Waals surface area (Å²) in [5.74, 6) is 0. The van der Waals surface area contributed by atoms with Gasteiger partial charge < -0.3 is 5.73 Å². The molecule has 2 nitrogen and oxygen atoms in total. The van der Waals surface area contributed by atoms with Gasteiger partial charge in [0.15, 0.2) is 0 Å². The molecule has 0 bridgehead atoms. The monoisotopic (exact) mass is 177 g/mol. The molecule has 0 radical (unpaired) electrons. The lowest BCUT2D eigenvalue weighted by atomic mass is 10.2. The molecule has 0 saturated heterocycles. The Morgan fingerprint density at radius 1 is 1.27 bits per heavy atom. The highest BCUT2D eigenvalue weighted by atomic mass is 32.2. The average Bonchev–Trinajstić information content (AvgIpc) is 1.82. The van der Waals surface area contributed by atoms with Crippen molar-refractivity contribution in [3.63, 3.8) is 0 Å². The molecule has 0 spiro atoms. The van der Waals surface area contributed by atoms with Crippen molar-refractivity contribution in [3.8, 4) is 0 Å². The summed E-state index contributed by atoms with van der Waals surface area (Å²) >= 11 is 0. The molecule has 0 aliphatic heterocycles. The van der Waals surface area contributed by atoms with E-state index in [1.165, 1.54) is 0 Å². The molecule has 0 rings (SSSR count). The molecule has 3 unspecified atom stereocenters. The van der Waals surface area contributed by atoms with Gasteiger partial charge in [0, 0.05) is 26.8 Å². The van der Waals surface area contributed by atoms with Crippen LogP contribution in [0.5, 0.6) is 0 Å². The predicted octanol–water partition coefficient (Wildman–Crippen LogP) is 1.27. The summed E-state index contributed by atoms with van der Waals surface area (Å²) < 4.78 is 11.5. The molecule has 0 saturated carbocycles. The van der Waals surface area contributed by atoms with Crippen LogP contribution in [0.3, 0.4) is 0 Å². The van der Waals surface area contributed by atoms with Gasteiger partial charge in [-0.1, -0.05) is 0 Å². The van der Waals surface area contributed by atoms with Crippen LogP contribution in [0.2, 0.25) is 0 Å². The van der Waals surface area contributed by atoms with Gasteiger partial charge in [-0.3, -0.25) is 4.21 Å². The fourth-order valence-electron chi connectivity index (χ4n) is 0.753. The Hall–Kier alpha value is 0.110. The number of nitrogens with two attached hydrogens (primary N) is 1. The first-order chi connectivity index (χ1) is 4.76. The van der Waals surface area contributed by atoms with Gasteiger partial charge in [0.05, 0.1) is 0 Å². The number of hydrogen-bond donors (Lipinski definition) is 1. The van der Waals surface area contributed by atoms with E-state index in [0.29, 0.717) is 0 Å². The van der Waals surface area contributed by atoms with Crippen LogP contribution < -0.4 is 5.73 Å². The third-order valence-electron chi connectivity index (χ3n) is 1.68. The average molecular weight is 177 g/mol. The fraction of sp³-hybridized carbons (Fsp3) is 1.00. The van der Waals surface area contributed by atoms with Crippen LogP contribution >= 0.6 is 0 Å². The Morgan fingerprint density at radius 2 is 1.64 bits per heavy atom. The molecule has 0 aliphatic carbocycles. The molecule has 0 fully saturated rings. The zero-order valence-corrected chi connectivity index (χ0v) is 8.87. The maximum absolute atomic E-state index is 11.6. The lowest BCUT2D eigenvalue weighted by molar-refractivity contribution is 0.616. The zero-order valence-electron chi connectivity index (χ0n) is 8.05. The van der Waals surface area contributed by atoms with Crippen LogP contribution in [0.4, 0.5) is 0 Å². The van der Waals surface area contributed by atoms with Crippen LogP contribution in [-0.4, -0.2) is 20.2 Å². The summed E-state index contributed by atoms with van der Waals surface area (Å²) in [5.41, 5.74) is 5.64. The van der Waals surface area contributed by atoms with E-state index < -0.39 is 10.8 Å². The smallest absolute Gasteiger partial charge is 0.0473 e. The van der Waals surface area contributed by atoms with Crippen molar-refractivity contribution >= 4 is 10.8 Å². The standard InChI is InChI=1S/C8H19NOS/c1-6(9)7(2)11(10)8(3,4)5/h6-7H,9H2,1-5H3. The molecule has 3 atom stereocenters. The van der Waals surface area contributed by atoms with Crippen molar-refractivity contribution in [2.24, 2.45) is 5.73 Å². The van der Waals surface area contributed by atoms with E-state index in [0.717, 1.165) is 0 Å². The van der Waals surface area contributed by atoms with Crippen molar-refractivity contribution < 1.29 is 4.21 Å². The SMILES string of the molecule is CC(N)C(C)S(=O)C(C)(C)C.